The summed E-state index contributed by atoms with van der Waals surface area (Å²) in [4.78, 5) is 0. The van der Waals surface area contributed by atoms with E-state index < -0.39 is 0 Å². The quantitative estimate of drug-likeness (QED) is 0.812. The van der Waals surface area contributed by atoms with E-state index in [4.69, 9.17) is 11.5 Å². The van der Waals surface area contributed by atoms with Crippen molar-refractivity contribution in [1.82, 2.24) is 10.2 Å². The third-order valence-corrected chi connectivity index (χ3v) is 3.31. The van der Waals surface area contributed by atoms with Crippen molar-refractivity contribution in [2.45, 2.75) is 51.9 Å². The van der Waals surface area contributed by atoms with Crippen LogP contribution in [0.2, 0.25) is 0 Å². The van der Waals surface area contributed by atoms with Gasteiger partial charge in [0.1, 0.15) is 0 Å². The highest BCUT2D eigenvalue weighted by Gasteiger charge is 2.16. The monoisotopic (exact) mass is 274 g/mol. The molecule has 1 fully saturated rings. The molecule has 0 unspecified atom stereocenters. The van der Waals surface area contributed by atoms with Crippen LogP contribution < -0.4 is 11.5 Å². The second kappa shape index (κ2) is 9.13. The van der Waals surface area contributed by atoms with Crippen LogP contribution in [0.4, 0.5) is 0 Å². The van der Waals surface area contributed by atoms with Crippen LogP contribution in [0.5, 0.6) is 0 Å². The summed E-state index contributed by atoms with van der Waals surface area (Å²) in [6.07, 6.45) is 11.6. The Morgan fingerprint density at radius 3 is 2.35 bits per heavy atom. The summed E-state index contributed by atoms with van der Waals surface area (Å²) in [6.45, 7) is 3.79. The molecule has 0 aliphatic heterocycles. The predicted molar refractivity (Wildman–Crippen MR) is 83.9 cm³/mol. The van der Waals surface area contributed by atoms with Crippen molar-refractivity contribution in [2.75, 3.05) is 0 Å². The smallest absolute Gasteiger partial charge is 0.0662 e. The lowest BCUT2D eigenvalue weighted by Crippen LogP contribution is -2.07. The number of allylic oxidation sites excluding steroid dienone is 3. The minimum Gasteiger partial charge on any atom is -0.405 e. The molecule has 0 radical (unpaired) electrons. The summed E-state index contributed by atoms with van der Waals surface area (Å²) in [6, 6.07) is 4.20. The van der Waals surface area contributed by atoms with Crippen molar-refractivity contribution in [3.05, 3.63) is 47.6 Å². The minimum atomic E-state index is 0.682. The Labute approximate surface area is 122 Å². The van der Waals surface area contributed by atoms with Crippen molar-refractivity contribution in [3.63, 3.8) is 0 Å². The van der Waals surface area contributed by atoms with Crippen molar-refractivity contribution in [3.8, 4) is 0 Å². The first-order valence-electron chi connectivity index (χ1n) is 7.24. The predicted octanol–water partition coefficient (Wildman–Crippen LogP) is 3.15. The molecule has 2 rings (SSSR count). The zero-order valence-electron chi connectivity index (χ0n) is 12.5. The van der Waals surface area contributed by atoms with Crippen LogP contribution in [0.3, 0.4) is 0 Å². The van der Waals surface area contributed by atoms with E-state index in [2.05, 4.69) is 22.3 Å². The molecule has 4 heteroatoms. The molecule has 4 N–H and O–H groups in total. The molecule has 1 aliphatic rings. The van der Waals surface area contributed by atoms with Gasteiger partial charge in [-0.2, -0.15) is 10.2 Å². The van der Waals surface area contributed by atoms with E-state index >= 15 is 0 Å². The Morgan fingerprint density at radius 1 is 1.20 bits per heavy atom. The van der Waals surface area contributed by atoms with E-state index in [1.807, 2.05) is 6.92 Å². The number of nitrogens with two attached hydrogens (primary N) is 2. The second-order valence-electron chi connectivity index (χ2n) is 5.23. The van der Waals surface area contributed by atoms with Crippen LogP contribution in [0.15, 0.2) is 36.2 Å². The Kier molecular flexibility index (Phi) is 7.40. The highest BCUT2D eigenvalue weighted by Crippen LogP contribution is 2.30. The van der Waals surface area contributed by atoms with Crippen molar-refractivity contribution in [1.29, 1.82) is 0 Å². The molecule has 110 valence electrons. The third kappa shape index (κ3) is 6.36. The molecule has 1 saturated carbocycles. The average Bonchev–Trinajstić information content (AvgIpc) is 2.47. The maximum absolute atomic E-state index is 5.23. The minimum absolute atomic E-state index is 0.682. The van der Waals surface area contributed by atoms with E-state index in [1.165, 1.54) is 44.0 Å². The van der Waals surface area contributed by atoms with Gasteiger partial charge in [-0.15, -0.1) is 0 Å². The molecular formula is C16H26N4. The Morgan fingerprint density at radius 2 is 1.90 bits per heavy atom. The fourth-order valence-corrected chi connectivity index (χ4v) is 2.23. The standard InChI is InChI=1S/C11H16N2.C5H10N2/c1-9-7-8-11(13-12-9)10-5-3-2-4-6-10;1-5(7)3-2-4-6/h7-8,10H,2-6H2,1H3;2-4H,6-7H2,1H3/b;4-2-,5-3-. The van der Waals surface area contributed by atoms with Gasteiger partial charge in [0.15, 0.2) is 0 Å². The topological polar surface area (TPSA) is 77.8 Å². The fraction of sp³-hybridized carbons (Fsp3) is 0.500. The molecular weight excluding hydrogens is 248 g/mol. The zero-order valence-corrected chi connectivity index (χ0v) is 12.5. The number of aryl methyl sites for hydroxylation is 1. The van der Waals surface area contributed by atoms with Crippen molar-refractivity contribution in [2.24, 2.45) is 11.5 Å². The summed E-state index contributed by atoms with van der Waals surface area (Å²) in [7, 11) is 0. The molecule has 0 bridgehead atoms. The molecule has 0 spiro atoms. The van der Waals surface area contributed by atoms with Gasteiger partial charge < -0.3 is 11.5 Å². The molecule has 1 aromatic rings. The van der Waals surface area contributed by atoms with Gasteiger partial charge in [0.2, 0.25) is 0 Å². The summed E-state index contributed by atoms with van der Waals surface area (Å²) < 4.78 is 0. The number of rotatable bonds is 2. The Hall–Kier alpha value is -1.84. The molecule has 0 aromatic carbocycles. The molecule has 0 amide bonds. The summed E-state index contributed by atoms with van der Waals surface area (Å²) in [5.74, 6) is 0.682. The van der Waals surface area contributed by atoms with Crippen molar-refractivity contribution >= 4 is 0 Å². The number of hydrogen-bond donors (Lipinski definition) is 2. The lowest BCUT2D eigenvalue weighted by Gasteiger charge is -2.20. The molecule has 0 atom stereocenters. The largest absolute Gasteiger partial charge is 0.405 e. The van der Waals surface area contributed by atoms with Crippen LogP contribution in [0.25, 0.3) is 0 Å². The first-order valence-corrected chi connectivity index (χ1v) is 7.24. The second-order valence-corrected chi connectivity index (χ2v) is 5.23. The summed E-state index contributed by atoms with van der Waals surface area (Å²) in [5, 5.41) is 8.36. The van der Waals surface area contributed by atoms with Gasteiger partial charge in [0.05, 0.1) is 11.4 Å². The maximum Gasteiger partial charge on any atom is 0.0662 e. The number of nitrogens with zero attached hydrogens (tertiary/aromatic N) is 2. The van der Waals surface area contributed by atoms with Gasteiger partial charge in [0, 0.05) is 11.6 Å². The van der Waals surface area contributed by atoms with E-state index in [9.17, 15) is 0 Å². The number of aromatic nitrogens is 2. The first kappa shape index (κ1) is 16.2. The normalized spacial score (nSPS) is 16.8. The van der Waals surface area contributed by atoms with Gasteiger partial charge in [-0.05, 0) is 57.2 Å². The first-order chi connectivity index (χ1) is 9.63. The third-order valence-electron chi connectivity index (χ3n) is 3.31. The van der Waals surface area contributed by atoms with Gasteiger partial charge in [-0.1, -0.05) is 19.3 Å². The maximum atomic E-state index is 5.23. The van der Waals surface area contributed by atoms with Crippen LogP contribution in [-0.2, 0) is 0 Å². The average molecular weight is 274 g/mol. The lowest BCUT2D eigenvalue weighted by atomic mass is 9.87. The van der Waals surface area contributed by atoms with Crippen LogP contribution >= 0.6 is 0 Å². The molecule has 1 aliphatic carbocycles. The van der Waals surface area contributed by atoms with Gasteiger partial charge in [-0.3, -0.25) is 0 Å². The van der Waals surface area contributed by atoms with Gasteiger partial charge in [-0.25, -0.2) is 0 Å². The molecule has 20 heavy (non-hydrogen) atoms. The molecule has 4 nitrogen and oxygen atoms in total. The van der Waals surface area contributed by atoms with E-state index in [0.29, 0.717) is 5.92 Å². The number of hydrogen-bond acceptors (Lipinski definition) is 4. The lowest BCUT2D eigenvalue weighted by molar-refractivity contribution is 0.433. The van der Waals surface area contributed by atoms with Crippen molar-refractivity contribution < 1.29 is 0 Å². The van der Waals surface area contributed by atoms with Crippen LogP contribution in [0.1, 0.15) is 56.3 Å². The van der Waals surface area contributed by atoms with E-state index in [0.717, 1.165) is 11.4 Å². The zero-order chi connectivity index (χ0) is 14.8. The highest BCUT2D eigenvalue weighted by molar-refractivity contribution is 5.10. The fourth-order valence-electron chi connectivity index (χ4n) is 2.23. The SMILES string of the molecule is C/C(N)=C/C=C\N.Cc1ccc(C2CCCCC2)nn1. The summed E-state index contributed by atoms with van der Waals surface area (Å²) in [5.41, 5.74) is 13.2. The van der Waals surface area contributed by atoms with E-state index in [1.54, 1.807) is 19.1 Å². The van der Waals surface area contributed by atoms with Crippen LogP contribution in [0, 0.1) is 6.92 Å². The highest BCUT2D eigenvalue weighted by atomic mass is 15.1. The Bertz CT molecular complexity index is 424. The van der Waals surface area contributed by atoms with Gasteiger partial charge >= 0.3 is 0 Å². The molecule has 1 heterocycles. The molecule has 0 saturated heterocycles. The Balaban J connectivity index is 0.000000246. The van der Waals surface area contributed by atoms with Gasteiger partial charge in [0.25, 0.3) is 0 Å². The van der Waals surface area contributed by atoms with E-state index in [-0.39, 0.29) is 0 Å². The van der Waals surface area contributed by atoms with Crippen LogP contribution in [-0.4, -0.2) is 10.2 Å². The molecule has 1 aromatic heterocycles. The summed E-state index contributed by atoms with van der Waals surface area (Å²) >= 11 is 0.